The summed E-state index contributed by atoms with van der Waals surface area (Å²) in [5, 5.41) is 22.8. The van der Waals surface area contributed by atoms with Crippen LogP contribution in [0.5, 0.6) is 11.5 Å². The molecule has 2 heterocycles. The average Bonchev–Trinajstić information content (AvgIpc) is 3.13. The van der Waals surface area contributed by atoms with Crippen LogP contribution in [0.1, 0.15) is 34.9 Å². The highest BCUT2D eigenvalue weighted by atomic mass is 16.5. The van der Waals surface area contributed by atoms with Crippen LogP contribution in [0.15, 0.2) is 42.5 Å². The average molecular weight is 340 g/mol. The van der Waals surface area contributed by atoms with Crippen molar-refractivity contribution in [2.24, 2.45) is 0 Å². The minimum atomic E-state index is -0.432. The van der Waals surface area contributed by atoms with Crippen LogP contribution in [0.25, 0.3) is 0 Å². The number of nitrogens with zero attached hydrogens (tertiary/aromatic N) is 1. The van der Waals surface area contributed by atoms with Gasteiger partial charge in [0.25, 0.3) is 5.91 Å². The third-order valence-electron chi connectivity index (χ3n) is 4.76. The van der Waals surface area contributed by atoms with E-state index in [0.717, 1.165) is 25.1 Å². The summed E-state index contributed by atoms with van der Waals surface area (Å²) < 4.78 is 5.71. The summed E-state index contributed by atoms with van der Waals surface area (Å²) in [5.41, 5.74) is 2.09. The molecule has 0 spiro atoms. The summed E-state index contributed by atoms with van der Waals surface area (Å²) in [6.07, 6.45) is 1.52. The van der Waals surface area contributed by atoms with E-state index in [2.05, 4.69) is 5.32 Å². The Hall–Kier alpha value is -2.73. The number of hydrogen-bond acceptors (Lipinski definition) is 5. The van der Waals surface area contributed by atoms with Crippen LogP contribution in [-0.2, 0) is 4.74 Å². The molecular formula is C19H20N2O4. The molecule has 0 aromatic heterocycles. The highest BCUT2D eigenvalue weighted by Gasteiger charge is 2.35. The maximum atomic E-state index is 13.1. The van der Waals surface area contributed by atoms with Crippen molar-refractivity contribution in [2.45, 2.75) is 25.1 Å². The standard InChI is InChI=1S/C19H20N2O4/c22-16-8-7-12(10-17(16)23)18-20-15-6-2-1-5-14(15)19(24)21(18)11-13-4-3-9-25-13/h1-2,5-8,10,13,18,20,22-23H,3-4,9,11H2/t13-,18-/m0/s1. The molecule has 0 aliphatic carbocycles. The Labute approximate surface area is 145 Å². The van der Waals surface area contributed by atoms with E-state index in [9.17, 15) is 15.0 Å². The molecule has 6 heteroatoms. The van der Waals surface area contributed by atoms with E-state index in [4.69, 9.17) is 4.74 Å². The Morgan fingerprint density at radius 1 is 1.16 bits per heavy atom. The Balaban J connectivity index is 1.72. The number of phenols is 2. The van der Waals surface area contributed by atoms with Gasteiger partial charge in [0.1, 0.15) is 6.17 Å². The molecule has 0 saturated carbocycles. The normalized spacial score (nSPS) is 22.6. The lowest BCUT2D eigenvalue weighted by Crippen LogP contribution is -2.46. The third-order valence-corrected chi connectivity index (χ3v) is 4.76. The van der Waals surface area contributed by atoms with Gasteiger partial charge in [0, 0.05) is 18.8 Å². The van der Waals surface area contributed by atoms with E-state index in [1.807, 2.05) is 18.2 Å². The lowest BCUT2D eigenvalue weighted by Gasteiger charge is -2.39. The number of rotatable bonds is 3. The molecule has 1 saturated heterocycles. The van der Waals surface area contributed by atoms with E-state index in [-0.39, 0.29) is 23.5 Å². The minimum absolute atomic E-state index is 0.0178. The smallest absolute Gasteiger partial charge is 0.257 e. The fourth-order valence-electron chi connectivity index (χ4n) is 3.46. The van der Waals surface area contributed by atoms with Gasteiger partial charge in [0.2, 0.25) is 0 Å². The largest absolute Gasteiger partial charge is 0.504 e. The predicted molar refractivity (Wildman–Crippen MR) is 92.6 cm³/mol. The molecule has 1 amide bonds. The number of aromatic hydroxyl groups is 2. The second-order valence-electron chi connectivity index (χ2n) is 6.43. The highest BCUT2D eigenvalue weighted by molar-refractivity contribution is 6.01. The maximum Gasteiger partial charge on any atom is 0.257 e. The number of nitrogens with one attached hydrogen (secondary N) is 1. The highest BCUT2D eigenvalue weighted by Crippen LogP contribution is 2.36. The predicted octanol–water partition coefficient (Wildman–Crippen LogP) is 2.84. The summed E-state index contributed by atoms with van der Waals surface area (Å²) in [5.74, 6) is -0.456. The zero-order chi connectivity index (χ0) is 17.4. The first kappa shape index (κ1) is 15.8. The molecule has 2 aliphatic heterocycles. The molecule has 2 atom stereocenters. The van der Waals surface area contributed by atoms with E-state index in [1.165, 1.54) is 12.1 Å². The zero-order valence-corrected chi connectivity index (χ0v) is 13.7. The molecule has 2 aromatic carbocycles. The number of fused-ring (bicyclic) bond motifs is 1. The molecule has 25 heavy (non-hydrogen) atoms. The molecular weight excluding hydrogens is 320 g/mol. The first-order valence-electron chi connectivity index (χ1n) is 8.43. The van der Waals surface area contributed by atoms with Gasteiger partial charge < -0.3 is 25.2 Å². The third kappa shape index (κ3) is 2.89. The van der Waals surface area contributed by atoms with Crippen LogP contribution in [-0.4, -0.2) is 40.3 Å². The number of hydrogen-bond donors (Lipinski definition) is 3. The lowest BCUT2D eigenvalue weighted by molar-refractivity contribution is 0.0426. The van der Waals surface area contributed by atoms with Gasteiger partial charge in [-0.1, -0.05) is 18.2 Å². The number of para-hydroxylation sites is 1. The van der Waals surface area contributed by atoms with Crippen LogP contribution in [0.4, 0.5) is 5.69 Å². The number of benzene rings is 2. The van der Waals surface area contributed by atoms with Crippen molar-refractivity contribution in [2.75, 3.05) is 18.5 Å². The Kier molecular flexibility index (Phi) is 3.97. The van der Waals surface area contributed by atoms with Gasteiger partial charge in [-0.25, -0.2) is 0 Å². The van der Waals surface area contributed by atoms with Crippen molar-refractivity contribution in [3.05, 3.63) is 53.6 Å². The lowest BCUT2D eigenvalue weighted by atomic mass is 10.0. The van der Waals surface area contributed by atoms with Crippen LogP contribution in [0, 0.1) is 0 Å². The fraction of sp³-hybridized carbons (Fsp3) is 0.316. The summed E-state index contributed by atoms with van der Waals surface area (Å²) in [7, 11) is 0. The summed E-state index contributed by atoms with van der Waals surface area (Å²) in [6.45, 7) is 1.20. The molecule has 4 rings (SSSR count). The molecule has 0 bridgehead atoms. The van der Waals surface area contributed by atoms with Crippen molar-refractivity contribution in [1.82, 2.24) is 4.90 Å². The van der Waals surface area contributed by atoms with Crippen molar-refractivity contribution < 1.29 is 19.7 Å². The molecule has 0 radical (unpaired) electrons. The van der Waals surface area contributed by atoms with Crippen LogP contribution in [0.2, 0.25) is 0 Å². The molecule has 130 valence electrons. The minimum Gasteiger partial charge on any atom is -0.504 e. The second-order valence-corrected chi connectivity index (χ2v) is 6.43. The molecule has 1 fully saturated rings. The van der Waals surface area contributed by atoms with Gasteiger partial charge in [-0.2, -0.15) is 0 Å². The van der Waals surface area contributed by atoms with Gasteiger partial charge in [-0.3, -0.25) is 4.79 Å². The monoisotopic (exact) mass is 340 g/mol. The van der Waals surface area contributed by atoms with Crippen molar-refractivity contribution in [1.29, 1.82) is 0 Å². The molecule has 6 nitrogen and oxygen atoms in total. The van der Waals surface area contributed by atoms with Crippen LogP contribution < -0.4 is 5.32 Å². The Morgan fingerprint density at radius 2 is 2.00 bits per heavy atom. The summed E-state index contributed by atoms with van der Waals surface area (Å²) in [4.78, 5) is 14.8. The number of amides is 1. The van der Waals surface area contributed by atoms with E-state index in [1.54, 1.807) is 17.0 Å². The molecule has 2 aliphatic rings. The Bertz CT molecular complexity index is 802. The first-order valence-corrected chi connectivity index (χ1v) is 8.43. The second kappa shape index (κ2) is 6.29. The van der Waals surface area contributed by atoms with E-state index in [0.29, 0.717) is 17.7 Å². The molecule has 2 aromatic rings. The molecule has 3 N–H and O–H groups in total. The van der Waals surface area contributed by atoms with Gasteiger partial charge in [0.05, 0.1) is 11.7 Å². The zero-order valence-electron chi connectivity index (χ0n) is 13.7. The van der Waals surface area contributed by atoms with Crippen molar-refractivity contribution >= 4 is 11.6 Å². The molecule has 0 unspecified atom stereocenters. The Morgan fingerprint density at radius 3 is 2.76 bits per heavy atom. The van der Waals surface area contributed by atoms with E-state index >= 15 is 0 Å². The number of carbonyl (C=O) groups is 1. The SMILES string of the molecule is O=C1c2ccccc2N[C@H](c2ccc(O)c(O)c2)N1C[C@@H]1CCCO1. The first-order chi connectivity index (χ1) is 12.1. The summed E-state index contributed by atoms with van der Waals surface area (Å²) >= 11 is 0. The maximum absolute atomic E-state index is 13.1. The fourth-order valence-corrected chi connectivity index (χ4v) is 3.46. The van der Waals surface area contributed by atoms with Gasteiger partial charge in [0.15, 0.2) is 11.5 Å². The van der Waals surface area contributed by atoms with E-state index < -0.39 is 6.17 Å². The summed E-state index contributed by atoms with van der Waals surface area (Å²) in [6, 6.07) is 12.0. The number of anilines is 1. The van der Waals surface area contributed by atoms with Crippen LogP contribution in [0.3, 0.4) is 0 Å². The topological polar surface area (TPSA) is 82.0 Å². The van der Waals surface area contributed by atoms with Gasteiger partial charge in [-0.15, -0.1) is 0 Å². The quantitative estimate of drug-likeness (QED) is 0.749. The van der Waals surface area contributed by atoms with Gasteiger partial charge in [-0.05, 0) is 42.7 Å². The van der Waals surface area contributed by atoms with Crippen molar-refractivity contribution in [3.63, 3.8) is 0 Å². The number of phenolic OH excluding ortho intramolecular Hbond substituents is 2. The number of ether oxygens (including phenoxy) is 1. The number of carbonyl (C=O) groups excluding carboxylic acids is 1. The van der Waals surface area contributed by atoms with Gasteiger partial charge >= 0.3 is 0 Å². The van der Waals surface area contributed by atoms with Crippen molar-refractivity contribution in [3.8, 4) is 11.5 Å². The van der Waals surface area contributed by atoms with Crippen LogP contribution >= 0.6 is 0 Å².